The van der Waals surface area contributed by atoms with E-state index < -0.39 is 0 Å². The highest BCUT2D eigenvalue weighted by atomic mass is 16.5. The summed E-state index contributed by atoms with van der Waals surface area (Å²) in [5.41, 5.74) is 8.44. The van der Waals surface area contributed by atoms with Gasteiger partial charge in [0, 0.05) is 13.1 Å². The summed E-state index contributed by atoms with van der Waals surface area (Å²) >= 11 is 0. The molecule has 120 valence electrons. The Morgan fingerprint density at radius 3 is 2.61 bits per heavy atom. The van der Waals surface area contributed by atoms with E-state index in [0.717, 1.165) is 16.9 Å². The summed E-state index contributed by atoms with van der Waals surface area (Å²) in [6.45, 7) is 1.16. The van der Waals surface area contributed by atoms with Crippen molar-refractivity contribution in [3.63, 3.8) is 0 Å². The topological polar surface area (TPSA) is 62.4 Å². The predicted molar refractivity (Wildman–Crippen MR) is 88.7 cm³/mol. The molecule has 23 heavy (non-hydrogen) atoms. The van der Waals surface area contributed by atoms with Crippen molar-refractivity contribution >= 4 is 5.91 Å². The predicted octanol–water partition coefficient (Wildman–Crippen LogP) is 1.78. The van der Waals surface area contributed by atoms with Crippen LogP contribution in [-0.4, -0.2) is 19.6 Å². The molecule has 2 aromatic rings. The van der Waals surface area contributed by atoms with Gasteiger partial charge in [0.25, 0.3) is 0 Å². The quantitative estimate of drug-likeness (QED) is 0.788. The standard InChI is InChI=1S/C18H21N3O2/c1-23-15-9-7-14(8-10-15)17-16(12-20-21-17)18(22)19-11-13-5-3-2-4-6-13/h2-10,16-17,20-21H,11-12H2,1H3,(H,19,22). The van der Waals surface area contributed by atoms with E-state index in [1.807, 2.05) is 54.6 Å². The lowest BCUT2D eigenvalue weighted by Gasteiger charge is -2.18. The third kappa shape index (κ3) is 3.70. The monoisotopic (exact) mass is 311 g/mol. The number of carbonyl (C=O) groups is 1. The SMILES string of the molecule is COc1ccc(C2NNCC2C(=O)NCc2ccccc2)cc1. The van der Waals surface area contributed by atoms with E-state index >= 15 is 0 Å². The number of methoxy groups -OCH3 is 1. The third-order valence-electron chi connectivity index (χ3n) is 4.10. The van der Waals surface area contributed by atoms with Gasteiger partial charge in [-0.25, -0.2) is 5.43 Å². The lowest BCUT2D eigenvalue weighted by atomic mass is 9.94. The average molecular weight is 311 g/mol. The molecular formula is C18H21N3O2. The Morgan fingerprint density at radius 2 is 1.91 bits per heavy atom. The summed E-state index contributed by atoms with van der Waals surface area (Å²) in [5, 5.41) is 3.02. The molecule has 2 atom stereocenters. The lowest BCUT2D eigenvalue weighted by molar-refractivity contribution is -0.125. The molecule has 3 rings (SSSR count). The fourth-order valence-corrected chi connectivity index (χ4v) is 2.78. The summed E-state index contributed by atoms with van der Waals surface area (Å²) in [6.07, 6.45) is 0. The number of nitrogens with one attached hydrogen (secondary N) is 3. The second-order valence-electron chi connectivity index (χ2n) is 5.59. The van der Waals surface area contributed by atoms with Crippen LogP contribution in [-0.2, 0) is 11.3 Å². The number of hydrogen-bond donors (Lipinski definition) is 3. The second kappa shape index (κ2) is 7.26. The zero-order chi connectivity index (χ0) is 16.1. The smallest absolute Gasteiger partial charge is 0.226 e. The molecule has 1 aliphatic heterocycles. The molecule has 3 N–H and O–H groups in total. The van der Waals surface area contributed by atoms with Crippen molar-refractivity contribution in [2.24, 2.45) is 5.92 Å². The molecule has 2 unspecified atom stereocenters. The number of amides is 1. The Kier molecular flexibility index (Phi) is 4.90. The maximum atomic E-state index is 12.5. The molecular weight excluding hydrogens is 290 g/mol. The highest BCUT2D eigenvalue weighted by Gasteiger charge is 2.33. The van der Waals surface area contributed by atoms with Crippen LogP contribution >= 0.6 is 0 Å². The average Bonchev–Trinajstić information content (AvgIpc) is 3.10. The van der Waals surface area contributed by atoms with Gasteiger partial charge < -0.3 is 10.1 Å². The van der Waals surface area contributed by atoms with Crippen LogP contribution in [0.4, 0.5) is 0 Å². The van der Waals surface area contributed by atoms with E-state index in [9.17, 15) is 4.79 Å². The van der Waals surface area contributed by atoms with Gasteiger partial charge in [0.2, 0.25) is 5.91 Å². The van der Waals surface area contributed by atoms with Gasteiger partial charge in [0.1, 0.15) is 5.75 Å². The molecule has 0 bridgehead atoms. The molecule has 5 heteroatoms. The van der Waals surface area contributed by atoms with Gasteiger partial charge >= 0.3 is 0 Å². The Hall–Kier alpha value is -2.37. The van der Waals surface area contributed by atoms with E-state index in [2.05, 4.69) is 16.2 Å². The van der Waals surface area contributed by atoms with Crippen molar-refractivity contribution in [1.82, 2.24) is 16.2 Å². The minimum absolute atomic E-state index is 0.0447. The van der Waals surface area contributed by atoms with Crippen LogP contribution in [0.25, 0.3) is 0 Å². The first-order valence-electron chi connectivity index (χ1n) is 7.72. The molecule has 0 saturated carbocycles. The van der Waals surface area contributed by atoms with Gasteiger partial charge in [-0.1, -0.05) is 42.5 Å². The van der Waals surface area contributed by atoms with Gasteiger partial charge in [0.15, 0.2) is 0 Å². The highest BCUT2D eigenvalue weighted by Crippen LogP contribution is 2.26. The molecule has 0 spiro atoms. The van der Waals surface area contributed by atoms with Crippen LogP contribution in [0.5, 0.6) is 5.75 Å². The van der Waals surface area contributed by atoms with E-state index in [-0.39, 0.29) is 17.9 Å². The summed E-state index contributed by atoms with van der Waals surface area (Å²) in [4.78, 5) is 12.5. The molecule has 0 aromatic heterocycles. The first-order chi connectivity index (χ1) is 11.3. The first-order valence-corrected chi connectivity index (χ1v) is 7.72. The Labute approximate surface area is 136 Å². The summed E-state index contributed by atoms with van der Waals surface area (Å²) in [7, 11) is 1.64. The first kappa shape index (κ1) is 15.5. The van der Waals surface area contributed by atoms with Crippen molar-refractivity contribution < 1.29 is 9.53 Å². The van der Waals surface area contributed by atoms with Crippen LogP contribution in [0.2, 0.25) is 0 Å². The third-order valence-corrected chi connectivity index (χ3v) is 4.10. The van der Waals surface area contributed by atoms with E-state index in [1.165, 1.54) is 0 Å². The number of benzene rings is 2. The van der Waals surface area contributed by atoms with Crippen LogP contribution in [0, 0.1) is 5.92 Å². The number of hydrazine groups is 1. The van der Waals surface area contributed by atoms with E-state index in [0.29, 0.717) is 13.1 Å². The van der Waals surface area contributed by atoms with Crippen molar-refractivity contribution in [1.29, 1.82) is 0 Å². The van der Waals surface area contributed by atoms with Gasteiger partial charge in [-0.3, -0.25) is 10.2 Å². The molecule has 1 amide bonds. The molecule has 2 aromatic carbocycles. The molecule has 1 aliphatic rings. The molecule has 0 aliphatic carbocycles. The number of hydrogen-bond acceptors (Lipinski definition) is 4. The van der Waals surface area contributed by atoms with E-state index in [1.54, 1.807) is 7.11 Å². The zero-order valence-corrected chi connectivity index (χ0v) is 13.1. The molecule has 1 saturated heterocycles. The van der Waals surface area contributed by atoms with Crippen LogP contribution < -0.4 is 20.9 Å². The second-order valence-corrected chi connectivity index (χ2v) is 5.59. The molecule has 1 heterocycles. The largest absolute Gasteiger partial charge is 0.497 e. The Bertz CT molecular complexity index is 643. The maximum Gasteiger partial charge on any atom is 0.226 e. The molecule has 0 radical (unpaired) electrons. The van der Waals surface area contributed by atoms with Crippen molar-refractivity contribution in [3.8, 4) is 5.75 Å². The fraction of sp³-hybridized carbons (Fsp3) is 0.278. The Morgan fingerprint density at radius 1 is 1.17 bits per heavy atom. The number of ether oxygens (including phenoxy) is 1. The minimum Gasteiger partial charge on any atom is -0.497 e. The van der Waals surface area contributed by atoms with Crippen molar-refractivity contribution in [2.45, 2.75) is 12.6 Å². The van der Waals surface area contributed by atoms with Crippen LogP contribution in [0.15, 0.2) is 54.6 Å². The van der Waals surface area contributed by atoms with Crippen molar-refractivity contribution in [2.75, 3.05) is 13.7 Å². The van der Waals surface area contributed by atoms with Gasteiger partial charge in [-0.05, 0) is 23.3 Å². The van der Waals surface area contributed by atoms with Gasteiger partial charge in [0.05, 0.1) is 19.1 Å². The molecule has 1 fully saturated rings. The van der Waals surface area contributed by atoms with Crippen molar-refractivity contribution in [3.05, 3.63) is 65.7 Å². The normalized spacial score (nSPS) is 20.2. The summed E-state index contributed by atoms with van der Waals surface area (Å²) < 4.78 is 5.18. The molecule has 5 nitrogen and oxygen atoms in total. The lowest BCUT2D eigenvalue weighted by Crippen LogP contribution is -2.34. The van der Waals surface area contributed by atoms with Crippen LogP contribution in [0.1, 0.15) is 17.2 Å². The van der Waals surface area contributed by atoms with Gasteiger partial charge in [-0.2, -0.15) is 0 Å². The summed E-state index contributed by atoms with van der Waals surface area (Å²) in [6, 6.07) is 17.7. The highest BCUT2D eigenvalue weighted by molar-refractivity contribution is 5.80. The van der Waals surface area contributed by atoms with Crippen LogP contribution in [0.3, 0.4) is 0 Å². The van der Waals surface area contributed by atoms with E-state index in [4.69, 9.17) is 4.74 Å². The number of rotatable bonds is 5. The Balaban J connectivity index is 1.64. The minimum atomic E-state index is -0.146. The number of carbonyl (C=O) groups excluding carboxylic acids is 1. The van der Waals surface area contributed by atoms with Gasteiger partial charge in [-0.15, -0.1) is 0 Å². The summed E-state index contributed by atoms with van der Waals surface area (Å²) in [5.74, 6) is 0.712. The fourth-order valence-electron chi connectivity index (χ4n) is 2.78. The maximum absolute atomic E-state index is 12.5. The zero-order valence-electron chi connectivity index (χ0n) is 13.1.